The molecule has 0 bridgehead atoms. The zero-order valence-corrected chi connectivity index (χ0v) is 21.0. The fraction of sp³-hybridized carbons (Fsp3) is 0.200. The summed E-state index contributed by atoms with van der Waals surface area (Å²) in [5.74, 6) is 1.36. The van der Waals surface area contributed by atoms with E-state index in [-0.39, 0.29) is 11.8 Å². The summed E-state index contributed by atoms with van der Waals surface area (Å²) in [5, 5.41) is 18.3. The predicted octanol–water partition coefficient (Wildman–Crippen LogP) is 4.94. The normalized spacial score (nSPS) is 14.6. The highest BCUT2D eigenvalue weighted by Gasteiger charge is 2.45. The molecule has 1 unspecified atom stereocenters. The molecular weight excluding hydrogens is 516 g/mol. The minimum atomic E-state index is -0.764. The molecule has 4 aromatic rings. The van der Waals surface area contributed by atoms with Crippen molar-refractivity contribution in [3.05, 3.63) is 70.9 Å². The molecule has 3 heterocycles. The van der Waals surface area contributed by atoms with Crippen LogP contribution >= 0.6 is 27.7 Å². The van der Waals surface area contributed by atoms with Crippen molar-refractivity contribution in [1.82, 2.24) is 10.1 Å². The monoisotopic (exact) mass is 536 g/mol. The molecule has 7 nitrogen and oxygen atoms in total. The van der Waals surface area contributed by atoms with Crippen LogP contribution in [0.1, 0.15) is 32.2 Å². The lowest BCUT2D eigenvalue weighted by Crippen LogP contribution is -2.58. The quantitative estimate of drug-likeness (QED) is 0.265. The fourth-order valence-corrected chi connectivity index (χ4v) is 5.15. The summed E-state index contributed by atoms with van der Waals surface area (Å²) in [6, 6.07) is 18.8. The van der Waals surface area contributed by atoms with Crippen LogP contribution in [0.15, 0.2) is 74.7 Å². The highest BCUT2D eigenvalue weighted by atomic mass is 79.9. The van der Waals surface area contributed by atoms with Crippen molar-refractivity contribution >= 4 is 39.3 Å². The zero-order valence-electron chi connectivity index (χ0n) is 18.6. The number of amides is 1. The van der Waals surface area contributed by atoms with Crippen molar-refractivity contribution in [2.24, 2.45) is 0 Å². The van der Waals surface area contributed by atoms with E-state index in [1.165, 1.54) is 18.7 Å². The number of nitrogens with zero attached hydrogens (tertiary/aromatic N) is 4. The van der Waals surface area contributed by atoms with E-state index in [2.05, 4.69) is 27.8 Å². The van der Waals surface area contributed by atoms with Gasteiger partial charge in [0.05, 0.1) is 17.1 Å². The molecule has 172 valence electrons. The fourth-order valence-electron chi connectivity index (χ4n) is 4.08. The number of halogens is 1. The number of furan rings is 1. The predicted molar refractivity (Wildman–Crippen MR) is 131 cm³/mol. The van der Waals surface area contributed by atoms with Gasteiger partial charge >= 0.3 is 6.17 Å². The Bertz CT molecular complexity index is 1390. The van der Waals surface area contributed by atoms with E-state index >= 15 is 0 Å². The first kappa shape index (κ1) is 22.6. The number of rotatable bonds is 5. The third-order valence-corrected chi connectivity index (χ3v) is 7.02. The molecule has 1 atom stereocenters. The number of carbonyl (C=O) groups is 1. The van der Waals surface area contributed by atoms with Crippen LogP contribution in [0.5, 0.6) is 5.88 Å². The summed E-state index contributed by atoms with van der Waals surface area (Å²) in [5.41, 5.74) is 2.46. The summed E-state index contributed by atoms with van der Waals surface area (Å²) in [6.07, 6.45) is 0.157. The second-order valence-corrected chi connectivity index (χ2v) is 9.81. The van der Waals surface area contributed by atoms with E-state index in [1.807, 2.05) is 60.7 Å². The van der Waals surface area contributed by atoms with Crippen molar-refractivity contribution in [3.63, 3.8) is 0 Å². The van der Waals surface area contributed by atoms with Gasteiger partial charge in [0, 0.05) is 27.8 Å². The summed E-state index contributed by atoms with van der Waals surface area (Å²) in [4.78, 5) is 18.8. The second-order valence-electron chi connectivity index (χ2n) is 7.83. The molecule has 1 aliphatic heterocycles. The van der Waals surface area contributed by atoms with Crippen LogP contribution in [0, 0.1) is 0 Å². The lowest BCUT2D eigenvalue weighted by molar-refractivity contribution is -0.765. The van der Waals surface area contributed by atoms with Gasteiger partial charge in [-0.05, 0) is 47.5 Å². The molecular formula is C25H21BrN4O3S. The van der Waals surface area contributed by atoms with Crippen molar-refractivity contribution < 1.29 is 19.0 Å². The Morgan fingerprint density at radius 1 is 1.21 bits per heavy atom. The highest BCUT2D eigenvalue weighted by Crippen LogP contribution is 2.41. The topological polar surface area (TPSA) is 86.2 Å². The van der Waals surface area contributed by atoms with Crippen molar-refractivity contribution in [2.45, 2.75) is 31.6 Å². The van der Waals surface area contributed by atoms with Gasteiger partial charge in [0.25, 0.3) is 10.9 Å². The van der Waals surface area contributed by atoms with Crippen molar-refractivity contribution in [1.29, 1.82) is 0 Å². The first-order valence-electron chi connectivity index (χ1n) is 10.9. The first-order valence-corrected chi connectivity index (χ1v) is 12.6. The Hall–Kier alpha value is -3.17. The SMILES string of the molecule is CCCSc1nc([O-])c2[n+](n1)C(c1ccc(-c3cccc(Br)c3)o1)N(C(C)=O)c1ccccc1-2. The largest absolute Gasteiger partial charge is 0.854 e. The third kappa shape index (κ3) is 3.99. The van der Waals surface area contributed by atoms with Crippen LogP contribution in [0.3, 0.4) is 0 Å². The average molecular weight is 537 g/mol. The number of fused-ring (bicyclic) bond motifs is 3. The molecule has 1 aliphatic rings. The first-order chi connectivity index (χ1) is 16.5. The Morgan fingerprint density at radius 2 is 2.03 bits per heavy atom. The van der Waals surface area contributed by atoms with Gasteiger partial charge in [-0.15, -0.1) is 0 Å². The number of hydrogen-bond acceptors (Lipinski definition) is 6. The van der Waals surface area contributed by atoms with Gasteiger partial charge in [-0.1, -0.05) is 58.9 Å². The molecule has 0 saturated heterocycles. The Kier molecular flexibility index (Phi) is 6.14. The number of aromatic nitrogens is 3. The zero-order chi connectivity index (χ0) is 23.8. The third-order valence-electron chi connectivity index (χ3n) is 5.48. The number of anilines is 1. The Morgan fingerprint density at radius 3 is 2.79 bits per heavy atom. The maximum atomic E-state index is 13.2. The summed E-state index contributed by atoms with van der Waals surface area (Å²) < 4.78 is 8.79. The lowest BCUT2D eigenvalue weighted by atomic mass is 10.0. The van der Waals surface area contributed by atoms with Gasteiger partial charge in [-0.25, -0.2) is 9.88 Å². The van der Waals surface area contributed by atoms with Crippen LogP contribution < -0.4 is 14.7 Å². The molecule has 0 N–H and O–H groups in total. The van der Waals surface area contributed by atoms with E-state index < -0.39 is 6.17 Å². The van der Waals surface area contributed by atoms with Crippen LogP contribution in [0.2, 0.25) is 0 Å². The summed E-state index contributed by atoms with van der Waals surface area (Å²) in [6.45, 7) is 3.55. The molecule has 0 radical (unpaired) electrons. The van der Waals surface area contributed by atoms with Gasteiger partial charge in [0.1, 0.15) is 5.76 Å². The smallest absolute Gasteiger partial charge is 0.325 e. The number of para-hydroxylation sites is 1. The van der Waals surface area contributed by atoms with Gasteiger partial charge in [0.15, 0.2) is 5.76 Å². The maximum Gasteiger partial charge on any atom is 0.325 e. The minimum Gasteiger partial charge on any atom is -0.854 e. The molecule has 0 fully saturated rings. The van der Waals surface area contributed by atoms with E-state index in [0.29, 0.717) is 33.6 Å². The molecule has 0 spiro atoms. The van der Waals surface area contributed by atoms with E-state index in [1.54, 1.807) is 9.58 Å². The van der Waals surface area contributed by atoms with Gasteiger partial charge in [0.2, 0.25) is 5.91 Å². The van der Waals surface area contributed by atoms with E-state index in [4.69, 9.17) is 9.52 Å². The van der Waals surface area contributed by atoms with Gasteiger partial charge in [-0.3, -0.25) is 4.79 Å². The molecule has 1 amide bonds. The van der Waals surface area contributed by atoms with Crippen LogP contribution in [-0.2, 0) is 4.79 Å². The molecule has 2 aromatic carbocycles. The Labute approximate surface area is 209 Å². The van der Waals surface area contributed by atoms with E-state index in [0.717, 1.165) is 22.2 Å². The van der Waals surface area contributed by atoms with E-state index in [9.17, 15) is 9.90 Å². The number of thioether (sulfide) groups is 1. The van der Waals surface area contributed by atoms with Crippen LogP contribution in [0.25, 0.3) is 22.6 Å². The molecule has 2 aromatic heterocycles. The standard InChI is InChI=1S/C25H21BrN4O3S/c1-3-13-34-25-27-23(32)22-18-9-4-5-10-19(18)29(15(2)31)24(30(22)28-25)21-12-11-20(33-21)16-7-6-8-17(26)14-16/h4-12,14,24H,3,13H2,1-2H3. The second kappa shape index (κ2) is 9.23. The number of benzene rings is 2. The van der Waals surface area contributed by atoms with Gasteiger partial charge in [-0.2, -0.15) is 0 Å². The number of carbonyl (C=O) groups excluding carboxylic acids is 1. The number of hydrogen-bond donors (Lipinski definition) is 0. The minimum absolute atomic E-state index is 0.190. The van der Waals surface area contributed by atoms with Crippen LogP contribution in [-0.4, -0.2) is 21.7 Å². The summed E-state index contributed by atoms with van der Waals surface area (Å²) in [7, 11) is 0. The van der Waals surface area contributed by atoms with Crippen LogP contribution in [0.4, 0.5) is 5.69 Å². The molecule has 0 aliphatic carbocycles. The van der Waals surface area contributed by atoms with Crippen molar-refractivity contribution in [3.8, 4) is 28.5 Å². The molecule has 34 heavy (non-hydrogen) atoms. The molecule has 9 heteroatoms. The average Bonchev–Trinajstić information content (AvgIpc) is 3.31. The Balaban J connectivity index is 1.72. The lowest BCUT2D eigenvalue weighted by Gasteiger charge is -2.31. The van der Waals surface area contributed by atoms with Crippen molar-refractivity contribution in [2.75, 3.05) is 10.7 Å². The molecule has 5 rings (SSSR count). The molecule has 0 saturated carbocycles. The highest BCUT2D eigenvalue weighted by molar-refractivity contribution is 9.10. The maximum absolute atomic E-state index is 13.2. The summed E-state index contributed by atoms with van der Waals surface area (Å²) >= 11 is 4.91. The van der Waals surface area contributed by atoms with Gasteiger partial charge < -0.3 is 9.52 Å².